The first kappa shape index (κ1) is 16.3. The van der Waals surface area contributed by atoms with E-state index in [2.05, 4.69) is 20.9 Å². The van der Waals surface area contributed by atoms with E-state index in [0.717, 1.165) is 37.1 Å². The SMILES string of the molecule is Cc1nc2nc(N3CCCCC3)nc(N)c2c(-c2ccccc2)c1C#N. The van der Waals surface area contributed by atoms with Crippen molar-refractivity contribution in [2.75, 3.05) is 23.7 Å². The molecule has 0 saturated carbocycles. The lowest BCUT2D eigenvalue weighted by atomic mass is 9.96. The smallest absolute Gasteiger partial charge is 0.229 e. The van der Waals surface area contributed by atoms with Crippen LogP contribution in [0.15, 0.2) is 30.3 Å². The molecule has 1 aliphatic rings. The molecule has 1 aromatic carbocycles. The Morgan fingerprint density at radius 2 is 1.77 bits per heavy atom. The van der Waals surface area contributed by atoms with Gasteiger partial charge in [0.1, 0.15) is 11.9 Å². The van der Waals surface area contributed by atoms with E-state index in [1.54, 1.807) is 0 Å². The zero-order chi connectivity index (χ0) is 18.1. The van der Waals surface area contributed by atoms with Gasteiger partial charge < -0.3 is 10.6 Å². The summed E-state index contributed by atoms with van der Waals surface area (Å²) in [6.45, 7) is 3.71. The maximum atomic E-state index is 9.69. The van der Waals surface area contributed by atoms with E-state index in [4.69, 9.17) is 10.7 Å². The number of piperidine rings is 1. The van der Waals surface area contributed by atoms with Gasteiger partial charge in [-0.05, 0) is 31.7 Å². The summed E-state index contributed by atoms with van der Waals surface area (Å²) in [5.74, 6) is 1.00. The first-order chi connectivity index (χ1) is 12.7. The highest BCUT2D eigenvalue weighted by molar-refractivity contribution is 6.02. The lowest BCUT2D eigenvalue weighted by Crippen LogP contribution is -2.31. The molecule has 1 saturated heterocycles. The summed E-state index contributed by atoms with van der Waals surface area (Å²) in [5, 5.41) is 10.3. The van der Waals surface area contributed by atoms with Crippen LogP contribution < -0.4 is 10.6 Å². The highest BCUT2D eigenvalue weighted by Gasteiger charge is 2.21. The van der Waals surface area contributed by atoms with Crippen molar-refractivity contribution in [3.05, 3.63) is 41.6 Å². The van der Waals surface area contributed by atoms with Crippen LogP contribution in [0.5, 0.6) is 0 Å². The van der Waals surface area contributed by atoms with E-state index in [1.807, 2.05) is 37.3 Å². The number of nitrogens with two attached hydrogens (primary N) is 1. The largest absolute Gasteiger partial charge is 0.383 e. The standard InChI is InChI=1S/C20H20N6/c1-13-15(12-21)16(14-8-4-2-5-9-14)17-18(22)24-20(25-19(17)23-13)26-10-6-3-7-11-26/h2,4-5,8-9H,3,6-7,10-11H2,1H3,(H2,22,23,24,25). The van der Waals surface area contributed by atoms with Crippen LogP contribution >= 0.6 is 0 Å². The van der Waals surface area contributed by atoms with Gasteiger partial charge >= 0.3 is 0 Å². The van der Waals surface area contributed by atoms with E-state index in [1.165, 1.54) is 6.42 Å². The van der Waals surface area contributed by atoms with E-state index < -0.39 is 0 Å². The number of nitriles is 1. The Kier molecular flexibility index (Phi) is 4.13. The summed E-state index contributed by atoms with van der Waals surface area (Å²) < 4.78 is 0. The van der Waals surface area contributed by atoms with Crippen LogP contribution in [0.2, 0.25) is 0 Å². The zero-order valence-corrected chi connectivity index (χ0v) is 14.7. The minimum Gasteiger partial charge on any atom is -0.383 e. The van der Waals surface area contributed by atoms with Crippen LogP contribution in [0.1, 0.15) is 30.5 Å². The number of aromatic nitrogens is 3. The summed E-state index contributed by atoms with van der Waals surface area (Å²) in [6.07, 6.45) is 3.51. The number of benzene rings is 1. The third-order valence-corrected chi connectivity index (χ3v) is 4.85. The maximum Gasteiger partial charge on any atom is 0.229 e. The van der Waals surface area contributed by atoms with E-state index in [9.17, 15) is 5.26 Å². The van der Waals surface area contributed by atoms with Gasteiger partial charge in [-0.1, -0.05) is 30.3 Å². The average Bonchev–Trinajstić information content (AvgIpc) is 2.68. The number of hydrogen-bond donors (Lipinski definition) is 1. The summed E-state index contributed by atoms with van der Waals surface area (Å²) in [4.78, 5) is 16.0. The molecule has 6 nitrogen and oxygen atoms in total. The molecule has 4 rings (SSSR count). The Morgan fingerprint density at radius 3 is 2.46 bits per heavy atom. The van der Waals surface area contributed by atoms with Gasteiger partial charge in [0.2, 0.25) is 5.95 Å². The fourth-order valence-corrected chi connectivity index (χ4v) is 3.56. The summed E-state index contributed by atoms with van der Waals surface area (Å²) >= 11 is 0. The Morgan fingerprint density at radius 1 is 1.04 bits per heavy atom. The highest BCUT2D eigenvalue weighted by atomic mass is 15.3. The van der Waals surface area contributed by atoms with Crippen LogP contribution in [-0.4, -0.2) is 28.0 Å². The van der Waals surface area contributed by atoms with Gasteiger partial charge in [0, 0.05) is 18.7 Å². The lowest BCUT2D eigenvalue weighted by molar-refractivity contribution is 0.569. The molecule has 130 valence electrons. The van der Waals surface area contributed by atoms with Crippen molar-refractivity contribution in [1.82, 2.24) is 15.0 Å². The lowest BCUT2D eigenvalue weighted by Gasteiger charge is -2.27. The second-order valence-electron chi connectivity index (χ2n) is 6.58. The summed E-state index contributed by atoms with van der Waals surface area (Å²) in [6, 6.07) is 12.0. The first-order valence-corrected chi connectivity index (χ1v) is 8.87. The molecule has 3 heterocycles. The number of nitrogen functional groups attached to an aromatic ring is 1. The molecular formula is C20H20N6. The van der Waals surface area contributed by atoms with Crippen LogP contribution in [0.25, 0.3) is 22.2 Å². The maximum absolute atomic E-state index is 9.69. The minimum absolute atomic E-state index is 0.374. The van der Waals surface area contributed by atoms with Crippen LogP contribution in [0.3, 0.4) is 0 Å². The molecule has 2 aromatic heterocycles. The quantitative estimate of drug-likeness (QED) is 0.765. The number of anilines is 2. The molecule has 0 unspecified atom stereocenters. The fourth-order valence-electron chi connectivity index (χ4n) is 3.56. The van der Waals surface area contributed by atoms with E-state index in [0.29, 0.717) is 34.1 Å². The minimum atomic E-state index is 0.374. The fraction of sp³-hybridized carbons (Fsp3) is 0.300. The second-order valence-corrected chi connectivity index (χ2v) is 6.58. The second kappa shape index (κ2) is 6.60. The molecule has 6 heteroatoms. The zero-order valence-electron chi connectivity index (χ0n) is 14.7. The first-order valence-electron chi connectivity index (χ1n) is 8.87. The molecule has 1 aliphatic heterocycles. The van der Waals surface area contributed by atoms with Gasteiger partial charge in [-0.3, -0.25) is 0 Å². The monoisotopic (exact) mass is 344 g/mol. The van der Waals surface area contributed by atoms with E-state index in [-0.39, 0.29) is 0 Å². The molecule has 0 aliphatic carbocycles. The molecular weight excluding hydrogens is 324 g/mol. The summed E-state index contributed by atoms with van der Waals surface area (Å²) in [5.41, 5.74) is 9.75. The molecule has 3 aromatic rings. The Hall–Kier alpha value is -3.20. The summed E-state index contributed by atoms with van der Waals surface area (Å²) in [7, 11) is 0. The predicted molar refractivity (Wildman–Crippen MR) is 103 cm³/mol. The van der Waals surface area contributed by atoms with Gasteiger partial charge in [0.25, 0.3) is 0 Å². The van der Waals surface area contributed by atoms with Gasteiger partial charge in [0.15, 0.2) is 5.65 Å². The molecule has 0 spiro atoms. The van der Waals surface area contributed by atoms with Gasteiger partial charge in [0.05, 0.1) is 16.6 Å². The van der Waals surface area contributed by atoms with Crippen molar-refractivity contribution in [3.63, 3.8) is 0 Å². The number of aryl methyl sites for hydroxylation is 1. The molecule has 1 fully saturated rings. The Bertz CT molecular complexity index is 1000. The van der Waals surface area contributed by atoms with Gasteiger partial charge in [-0.2, -0.15) is 15.2 Å². The Labute approximate surface area is 152 Å². The van der Waals surface area contributed by atoms with Crippen molar-refractivity contribution >= 4 is 22.8 Å². The average molecular weight is 344 g/mol. The van der Waals surface area contributed by atoms with Gasteiger partial charge in [-0.25, -0.2) is 4.98 Å². The molecule has 0 amide bonds. The van der Waals surface area contributed by atoms with Crippen LogP contribution in [0.4, 0.5) is 11.8 Å². The number of fused-ring (bicyclic) bond motifs is 1. The number of nitrogens with zero attached hydrogens (tertiary/aromatic N) is 5. The third kappa shape index (κ3) is 2.72. The van der Waals surface area contributed by atoms with Crippen LogP contribution in [0, 0.1) is 18.3 Å². The van der Waals surface area contributed by atoms with Crippen LogP contribution in [-0.2, 0) is 0 Å². The van der Waals surface area contributed by atoms with Crippen molar-refractivity contribution in [2.24, 2.45) is 0 Å². The molecule has 0 bridgehead atoms. The molecule has 0 radical (unpaired) electrons. The van der Waals surface area contributed by atoms with Crippen molar-refractivity contribution in [3.8, 4) is 17.2 Å². The van der Waals surface area contributed by atoms with Crippen molar-refractivity contribution in [1.29, 1.82) is 5.26 Å². The molecule has 0 atom stereocenters. The molecule has 2 N–H and O–H groups in total. The number of pyridine rings is 1. The predicted octanol–water partition coefficient (Wildman–Crippen LogP) is 3.44. The number of rotatable bonds is 2. The third-order valence-electron chi connectivity index (χ3n) is 4.85. The van der Waals surface area contributed by atoms with Gasteiger partial charge in [-0.15, -0.1) is 0 Å². The highest BCUT2D eigenvalue weighted by Crippen LogP contribution is 2.35. The topological polar surface area (TPSA) is 91.7 Å². The number of hydrogen-bond acceptors (Lipinski definition) is 6. The van der Waals surface area contributed by atoms with E-state index >= 15 is 0 Å². The van der Waals surface area contributed by atoms with Crippen molar-refractivity contribution in [2.45, 2.75) is 26.2 Å². The normalized spacial score (nSPS) is 14.4. The Balaban J connectivity index is 1.99. The molecule has 26 heavy (non-hydrogen) atoms. The van der Waals surface area contributed by atoms with Crippen molar-refractivity contribution < 1.29 is 0 Å².